The van der Waals surface area contributed by atoms with Crippen molar-refractivity contribution in [2.45, 2.75) is 12.5 Å². The molecular formula is C11H16N4O. The standard InChI is InChI=1S/C11H16N4O/c1-14-6-4-10(11(14)16)15(2)9-3-5-13-7-8(9)12/h3,5,7,10H,4,6,12H2,1-2H3. The Labute approximate surface area is 94.9 Å². The summed E-state index contributed by atoms with van der Waals surface area (Å²) in [5, 5.41) is 0. The SMILES string of the molecule is CN1CCC(N(C)c2ccncc2N)C1=O. The lowest BCUT2D eigenvalue weighted by Crippen LogP contribution is -2.38. The molecule has 0 bridgehead atoms. The Morgan fingerprint density at radius 1 is 1.62 bits per heavy atom. The van der Waals surface area contributed by atoms with Gasteiger partial charge in [0.2, 0.25) is 5.91 Å². The topological polar surface area (TPSA) is 62.5 Å². The summed E-state index contributed by atoms with van der Waals surface area (Å²) in [4.78, 5) is 19.5. The van der Waals surface area contributed by atoms with E-state index in [1.807, 2.05) is 25.1 Å². The Morgan fingerprint density at radius 3 is 2.94 bits per heavy atom. The van der Waals surface area contributed by atoms with Crippen molar-refractivity contribution in [1.82, 2.24) is 9.88 Å². The second-order valence-electron chi connectivity index (χ2n) is 4.11. The number of nitrogens with two attached hydrogens (primary N) is 1. The first-order valence-corrected chi connectivity index (χ1v) is 5.28. The average molecular weight is 220 g/mol. The molecule has 2 rings (SSSR count). The highest BCUT2D eigenvalue weighted by Crippen LogP contribution is 2.25. The number of hydrogen-bond acceptors (Lipinski definition) is 4. The van der Waals surface area contributed by atoms with Crippen molar-refractivity contribution in [2.75, 3.05) is 31.3 Å². The fraction of sp³-hybridized carbons (Fsp3) is 0.455. The molecule has 2 N–H and O–H groups in total. The first-order valence-electron chi connectivity index (χ1n) is 5.28. The Kier molecular flexibility index (Phi) is 2.68. The number of pyridine rings is 1. The Bertz CT molecular complexity index is 407. The molecule has 1 aliphatic heterocycles. The predicted octanol–water partition coefficient (Wildman–Crippen LogP) is 0.331. The first kappa shape index (κ1) is 10.7. The van der Waals surface area contributed by atoms with Gasteiger partial charge in [0.15, 0.2) is 0 Å². The van der Waals surface area contributed by atoms with Gasteiger partial charge in [0.25, 0.3) is 0 Å². The van der Waals surface area contributed by atoms with Crippen LogP contribution in [0.25, 0.3) is 0 Å². The van der Waals surface area contributed by atoms with E-state index in [1.165, 1.54) is 0 Å². The first-order chi connectivity index (χ1) is 7.61. The Morgan fingerprint density at radius 2 is 2.38 bits per heavy atom. The summed E-state index contributed by atoms with van der Waals surface area (Å²) in [5.74, 6) is 0.152. The summed E-state index contributed by atoms with van der Waals surface area (Å²) in [6, 6.07) is 1.73. The number of nitrogens with zero attached hydrogens (tertiary/aromatic N) is 3. The molecule has 1 fully saturated rings. The van der Waals surface area contributed by atoms with Gasteiger partial charge in [-0.3, -0.25) is 9.78 Å². The normalized spacial score (nSPS) is 20.2. The minimum atomic E-state index is -0.102. The Hall–Kier alpha value is -1.78. The van der Waals surface area contributed by atoms with Gasteiger partial charge >= 0.3 is 0 Å². The van der Waals surface area contributed by atoms with Gasteiger partial charge in [-0.25, -0.2) is 0 Å². The van der Waals surface area contributed by atoms with Crippen molar-refractivity contribution in [3.05, 3.63) is 18.5 Å². The van der Waals surface area contributed by atoms with Gasteiger partial charge in [-0.05, 0) is 12.5 Å². The molecule has 1 atom stereocenters. The minimum absolute atomic E-state index is 0.102. The predicted molar refractivity (Wildman–Crippen MR) is 63.1 cm³/mol. The molecule has 1 unspecified atom stereocenters. The number of aromatic nitrogens is 1. The van der Waals surface area contributed by atoms with E-state index in [9.17, 15) is 4.79 Å². The third kappa shape index (κ3) is 1.68. The molecule has 0 saturated carbocycles. The lowest BCUT2D eigenvalue weighted by atomic mass is 10.2. The number of amides is 1. The number of carbonyl (C=O) groups is 1. The van der Waals surface area contributed by atoms with E-state index in [4.69, 9.17) is 5.73 Å². The molecule has 1 saturated heterocycles. The largest absolute Gasteiger partial charge is 0.396 e. The molecule has 0 aromatic carbocycles. The monoisotopic (exact) mass is 220 g/mol. The number of likely N-dealkylation sites (tertiary alicyclic amines) is 1. The lowest BCUT2D eigenvalue weighted by molar-refractivity contribution is -0.127. The number of likely N-dealkylation sites (N-methyl/N-ethyl adjacent to an activating group) is 2. The van der Waals surface area contributed by atoms with E-state index in [-0.39, 0.29) is 11.9 Å². The molecule has 1 aromatic rings. The zero-order valence-electron chi connectivity index (χ0n) is 9.55. The van der Waals surface area contributed by atoms with Gasteiger partial charge in [0, 0.05) is 26.8 Å². The van der Waals surface area contributed by atoms with Gasteiger partial charge in [-0.2, -0.15) is 0 Å². The molecule has 0 spiro atoms. The van der Waals surface area contributed by atoms with E-state index in [2.05, 4.69) is 4.98 Å². The van der Waals surface area contributed by atoms with E-state index >= 15 is 0 Å². The minimum Gasteiger partial charge on any atom is -0.396 e. The maximum absolute atomic E-state index is 11.9. The fourth-order valence-electron chi connectivity index (χ4n) is 2.05. The van der Waals surface area contributed by atoms with Crippen LogP contribution in [0.15, 0.2) is 18.5 Å². The van der Waals surface area contributed by atoms with Crippen molar-refractivity contribution >= 4 is 17.3 Å². The molecule has 1 aliphatic rings. The molecule has 1 aromatic heterocycles. The molecular weight excluding hydrogens is 204 g/mol. The highest BCUT2D eigenvalue weighted by atomic mass is 16.2. The van der Waals surface area contributed by atoms with Gasteiger partial charge in [0.1, 0.15) is 6.04 Å². The van der Waals surface area contributed by atoms with Crippen LogP contribution in [0.4, 0.5) is 11.4 Å². The molecule has 0 radical (unpaired) electrons. The van der Waals surface area contributed by atoms with Gasteiger partial charge in [-0.1, -0.05) is 0 Å². The number of nitrogen functional groups attached to an aromatic ring is 1. The second kappa shape index (κ2) is 4.00. The van der Waals surface area contributed by atoms with Crippen LogP contribution in [0.3, 0.4) is 0 Å². The zero-order chi connectivity index (χ0) is 11.7. The fourth-order valence-corrected chi connectivity index (χ4v) is 2.05. The van der Waals surface area contributed by atoms with Crippen LogP contribution in [0, 0.1) is 0 Å². The van der Waals surface area contributed by atoms with E-state index < -0.39 is 0 Å². The van der Waals surface area contributed by atoms with Crippen LogP contribution < -0.4 is 10.6 Å². The molecule has 16 heavy (non-hydrogen) atoms. The van der Waals surface area contributed by atoms with Crippen LogP contribution in [0.2, 0.25) is 0 Å². The second-order valence-corrected chi connectivity index (χ2v) is 4.11. The van der Waals surface area contributed by atoms with Crippen LogP contribution in [0.5, 0.6) is 0 Å². The van der Waals surface area contributed by atoms with Crippen molar-refractivity contribution in [3.8, 4) is 0 Å². The van der Waals surface area contributed by atoms with Crippen molar-refractivity contribution in [1.29, 1.82) is 0 Å². The summed E-state index contributed by atoms with van der Waals surface area (Å²) in [6.07, 6.45) is 4.13. The molecule has 1 amide bonds. The average Bonchev–Trinajstić information content (AvgIpc) is 2.60. The number of anilines is 2. The molecule has 5 nitrogen and oxygen atoms in total. The van der Waals surface area contributed by atoms with E-state index in [0.717, 1.165) is 18.7 Å². The maximum Gasteiger partial charge on any atom is 0.245 e. The van der Waals surface area contributed by atoms with Crippen LogP contribution in [-0.4, -0.2) is 42.5 Å². The number of rotatable bonds is 2. The molecule has 2 heterocycles. The summed E-state index contributed by atoms with van der Waals surface area (Å²) in [6.45, 7) is 0.804. The highest BCUT2D eigenvalue weighted by molar-refractivity contribution is 5.88. The zero-order valence-corrected chi connectivity index (χ0v) is 9.55. The lowest BCUT2D eigenvalue weighted by Gasteiger charge is -2.26. The van der Waals surface area contributed by atoms with Crippen molar-refractivity contribution in [3.63, 3.8) is 0 Å². The van der Waals surface area contributed by atoms with Gasteiger partial charge in [-0.15, -0.1) is 0 Å². The third-order valence-electron chi connectivity index (χ3n) is 3.07. The van der Waals surface area contributed by atoms with Crippen LogP contribution in [0.1, 0.15) is 6.42 Å². The summed E-state index contributed by atoms with van der Waals surface area (Å²) >= 11 is 0. The summed E-state index contributed by atoms with van der Waals surface area (Å²) in [7, 11) is 3.72. The van der Waals surface area contributed by atoms with Crippen molar-refractivity contribution < 1.29 is 4.79 Å². The smallest absolute Gasteiger partial charge is 0.245 e. The third-order valence-corrected chi connectivity index (χ3v) is 3.07. The van der Waals surface area contributed by atoms with Crippen molar-refractivity contribution in [2.24, 2.45) is 0 Å². The van der Waals surface area contributed by atoms with Crippen LogP contribution in [-0.2, 0) is 4.79 Å². The molecule has 5 heteroatoms. The van der Waals surface area contributed by atoms with Gasteiger partial charge in [0.05, 0.1) is 17.6 Å². The van der Waals surface area contributed by atoms with Crippen LogP contribution >= 0.6 is 0 Å². The molecule has 86 valence electrons. The van der Waals surface area contributed by atoms with Gasteiger partial charge < -0.3 is 15.5 Å². The van der Waals surface area contributed by atoms with E-state index in [1.54, 1.807) is 17.3 Å². The van der Waals surface area contributed by atoms with E-state index in [0.29, 0.717) is 5.69 Å². The maximum atomic E-state index is 11.9. The quantitative estimate of drug-likeness (QED) is 0.780. The summed E-state index contributed by atoms with van der Waals surface area (Å²) < 4.78 is 0. The molecule has 0 aliphatic carbocycles. The number of carbonyl (C=O) groups excluding carboxylic acids is 1. The number of hydrogen-bond donors (Lipinski definition) is 1. The highest BCUT2D eigenvalue weighted by Gasteiger charge is 2.32. The summed E-state index contributed by atoms with van der Waals surface area (Å²) in [5.41, 5.74) is 7.31. The Balaban J connectivity index is 2.23.